The zero-order valence-electron chi connectivity index (χ0n) is 8.94. The third-order valence-corrected chi connectivity index (χ3v) is 2.59. The van der Waals surface area contributed by atoms with Gasteiger partial charge in [0.05, 0.1) is 12.4 Å². The molecule has 1 fully saturated rings. The summed E-state index contributed by atoms with van der Waals surface area (Å²) in [4.78, 5) is 0. The Kier molecular flexibility index (Phi) is 5.15. The van der Waals surface area contributed by atoms with Crippen molar-refractivity contribution < 1.29 is 9.15 Å². The van der Waals surface area contributed by atoms with E-state index in [1.807, 2.05) is 19.1 Å². The molecule has 2 unspecified atom stereocenters. The minimum Gasteiger partial charge on any atom is -0.467 e. The summed E-state index contributed by atoms with van der Waals surface area (Å²) in [6.07, 6.45) is 4.45. The fourth-order valence-electron chi connectivity index (χ4n) is 1.81. The van der Waals surface area contributed by atoms with E-state index in [0.29, 0.717) is 6.10 Å². The van der Waals surface area contributed by atoms with Crippen LogP contribution in [0.25, 0.3) is 0 Å². The molecule has 1 aromatic rings. The zero-order valence-corrected chi connectivity index (χ0v) is 9.76. The van der Waals surface area contributed by atoms with Gasteiger partial charge in [-0.3, -0.25) is 0 Å². The Bertz CT molecular complexity index is 258. The Labute approximate surface area is 96.6 Å². The second-order valence-electron chi connectivity index (χ2n) is 3.76. The molecule has 0 saturated carbocycles. The highest BCUT2D eigenvalue weighted by Gasteiger charge is 2.18. The zero-order chi connectivity index (χ0) is 9.80. The number of hydrogen-bond donors (Lipinski definition) is 1. The molecule has 0 aromatic carbocycles. The van der Waals surface area contributed by atoms with Gasteiger partial charge in [-0.2, -0.15) is 0 Å². The average Bonchev–Trinajstić information content (AvgIpc) is 2.72. The normalized spacial score (nSPS) is 23.1. The van der Waals surface area contributed by atoms with Crippen molar-refractivity contribution >= 4 is 12.4 Å². The van der Waals surface area contributed by atoms with Crippen LogP contribution in [0.1, 0.15) is 31.6 Å². The molecule has 3 nitrogen and oxygen atoms in total. The third kappa shape index (κ3) is 3.52. The summed E-state index contributed by atoms with van der Waals surface area (Å²) in [5.41, 5.74) is 0. The molecule has 1 N–H and O–H groups in total. The van der Waals surface area contributed by atoms with Crippen molar-refractivity contribution in [1.29, 1.82) is 0 Å². The number of ether oxygens (including phenoxy) is 1. The number of halogens is 1. The van der Waals surface area contributed by atoms with Crippen molar-refractivity contribution in [2.75, 3.05) is 13.1 Å². The molecule has 1 aromatic heterocycles. The summed E-state index contributed by atoms with van der Waals surface area (Å²) in [5, 5.41) is 3.33. The van der Waals surface area contributed by atoms with E-state index >= 15 is 0 Å². The molecule has 2 rings (SSSR count). The second kappa shape index (κ2) is 6.16. The Morgan fingerprint density at radius 1 is 1.60 bits per heavy atom. The quantitative estimate of drug-likeness (QED) is 0.868. The van der Waals surface area contributed by atoms with Crippen LogP contribution >= 0.6 is 12.4 Å². The van der Waals surface area contributed by atoms with E-state index in [1.54, 1.807) is 6.26 Å². The summed E-state index contributed by atoms with van der Waals surface area (Å²) in [6.45, 7) is 4.12. The van der Waals surface area contributed by atoms with Crippen LogP contribution in [0.5, 0.6) is 0 Å². The van der Waals surface area contributed by atoms with E-state index in [1.165, 1.54) is 6.42 Å². The SMILES string of the molecule is CC(OC1CCCNC1)c1ccco1.Cl. The molecule has 1 aliphatic heterocycles. The van der Waals surface area contributed by atoms with Gasteiger partial charge in [0.25, 0.3) is 0 Å². The third-order valence-electron chi connectivity index (χ3n) is 2.59. The van der Waals surface area contributed by atoms with Crippen molar-refractivity contribution in [3.8, 4) is 0 Å². The van der Waals surface area contributed by atoms with Crippen LogP contribution in [0, 0.1) is 0 Å². The standard InChI is InChI=1S/C11H17NO2.ClH/c1-9(11-5-3-7-13-11)14-10-4-2-6-12-8-10;/h3,5,7,9-10,12H,2,4,6,8H2,1H3;1H. The Morgan fingerprint density at radius 3 is 3.07 bits per heavy atom. The fraction of sp³-hybridized carbons (Fsp3) is 0.636. The fourth-order valence-corrected chi connectivity index (χ4v) is 1.81. The molecule has 2 heterocycles. The lowest BCUT2D eigenvalue weighted by Crippen LogP contribution is -2.35. The highest BCUT2D eigenvalue weighted by Crippen LogP contribution is 2.20. The summed E-state index contributed by atoms with van der Waals surface area (Å²) < 4.78 is 11.2. The summed E-state index contributed by atoms with van der Waals surface area (Å²) in [6, 6.07) is 3.86. The smallest absolute Gasteiger partial charge is 0.132 e. The average molecular weight is 232 g/mol. The van der Waals surface area contributed by atoms with Gasteiger partial charge in [-0.25, -0.2) is 0 Å². The molecule has 0 spiro atoms. The number of nitrogens with one attached hydrogen (secondary N) is 1. The number of piperidine rings is 1. The maximum Gasteiger partial charge on any atom is 0.132 e. The molecule has 0 bridgehead atoms. The largest absolute Gasteiger partial charge is 0.467 e. The molecule has 2 atom stereocenters. The van der Waals surface area contributed by atoms with E-state index in [0.717, 1.165) is 25.3 Å². The minimum atomic E-state index is 0. The van der Waals surface area contributed by atoms with E-state index in [-0.39, 0.29) is 18.5 Å². The monoisotopic (exact) mass is 231 g/mol. The number of furan rings is 1. The van der Waals surface area contributed by atoms with Gasteiger partial charge in [0.2, 0.25) is 0 Å². The topological polar surface area (TPSA) is 34.4 Å². The van der Waals surface area contributed by atoms with Gasteiger partial charge in [0.15, 0.2) is 0 Å². The van der Waals surface area contributed by atoms with Crippen LogP contribution in [-0.4, -0.2) is 19.2 Å². The highest BCUT2D eigenvalue weighted by molar-refractivity contribution is 5.85. The Hall–Kier alpha value is -0.510. The lowest BCUT2D eigenvalue weighted by Gasteiger charge is -2.25. The molecule has 4 heteroatoms. The Morgan fingerprint density at radius 2 is 2.47 bits per heavy atom. The molecular weight excluding hydrogens is 214 g/mol. The van der Waals surface area contributed by atoms with Crippen LogP contribution in [0.3, 0.4) is 0 Å². The Balaban J connectivity index is 0.00000112. The number of hydrogen-bond acceptors (Lipinski definition) is 3. The summed E-state index contributed by atoms with van der Waals surface area (Å²) >= 11 is 0. The van der Waals surface area contributed by atoms with Crippen LogP contribution in [0.15, 0.2) is 22.8 Å². The first-order valence-corrected chi connectivity index (χ1v) is 5.26. The first kappa shape index (κ1) is 12.6. The van der Waals surface area contributed by atoms with Crippen molar-refractivity contribution in [3.63, 3.8) is 0 Å². The lowest BCUT2D eigenvalue weighted by molar-refractivity contribution is -0.0245. The minimum absolute atomic E-state index is 0. The molecule has 15 heavy (non-hydrogen) atoms. The predicted octanol–water partition coefficient (Wildman–Crippen LogP) is 2.53. The van der Waals surface area contributed by atoms with Gasteiger partial charge in [-0.15, -0.1) is 12.4 Å². The molecule has 1 saturated heterocycles. The first-order chi connectivity index (χ1) is 6.86. The molecular formula is C11H18ClNO2. The predicted molar refractivity (Wildman–Crippen MR) is 61.3 cm³/mol. The van der Waals surface area contributed by atoms with Gasteiger partial charge >= 0.3 is 0 Å². The van der Waals surface area contributed by atoms with Crippen molar-refractivity contribution in [2.24, 2.45) is 0 Å². The maximum absolute atomic E-state index is 5.88. The molecule has 86 valence electrons. The summed E-state index contributed by atoms with van der Waals surface area (Å²) in [5.74, 6) is 0.913. The van der Waals surface area contributed by atoms with Crippen molar-refractivity contribution in [3.05, 3.63) is 24.2 Å². The molecule has 0 radical (unpaired) electrons. The molecule has 1 aliphatic rings. The first-order valence-electron chi connectivity index (χ1n) is 5.26. The van der Waals surface area contributed by atoms with E-state index in [4.69, 9.17) is 9.15 Å². The van der Waals surface area contributed by atoms with Gasteiger partial charge in [-0.1, -0.05) is 0 Å². The van der Waals surface area contributed by atoms with E-state index < -0.39 is 0 Å². The van der Waals surface area contributed by atoms with Gasteiger partial charge < -0.3 is 14.5 Å². The van der Waals surface area contributed by atoms with Crippen molar-refractivity contribution in [1.82, 2.24) is 5.32 Å². The summed E-state index contributed by atoms with van der Waals surface area (Å²) in [7, 11) is 0. The van der Waals surface area contributed by atoms with Crippen LogP contribution < -0.4 is 5.32 Å². The number of rotatable bonds is 3. The second-order valence-corrected chi connectivity index (χ2v) is 3.76. The van der Waals surface area contributed by atoms with Crippen LogP contribution in [-0.2, 0) is 4.74 Å². The molecule has 0 aliphatic carbocycles. The highest BCUT2D eigenvalue weighted by atomic mass is 35.5. The van der Waals surface area contributed by atoms with Gasteiger partial charge in [-0.05, 0) is 38.4 Å². The van der Waals surface area contributed by atoms with E-state index in [9.17, 15) is 0 Å². The van der Waals surface area contributed by atoms with Crippen LogP contribution in [0.4, 0.5) is 0 Å². The molecule has 0 amide bonds. The lowest BCUT2D eigenvalue weighted by atomic mass is 10.1. The van der Waals surface area contributed by atoms with Crippen LogP contribution in [0.2, 0.25) is 0 Å². The maximum atomic E-state index is 5.88. The van der Waals surface area contributed by atoms with Gasteiger partial charge in [0.1, 0.15) is 11.9 Å². The van der Waals surface area contributed by atoms with Gasteiger partial charge in [0, 0.05) is 6.54 Å². The van der Waals surface area contributed by atoms with Crippen molar-refractivity contribution in [2.45, 2.75) is 32.0 Å². The van der Waals surface area contributed by atoms with E-state index in [2.05, 4.69) is 5.32 Å².